The van der Waals surface area contributed by atoms with Crippen molar-refractivity contribution in [3.05, 3.63) is 29.6 Å². The quantitative estimate of drug-likeness (QED) is 0.801. The number of aliphatic carboxylic acids is 1. The lowest BCUT2D eigenvalue weighted by Gasteiger charge is -2.24. The molecule has 1 aromatic rings. The minimum atomic E-state index is -0.802. The molecule has 20 heavy (non-hydrogen) atoms. The molecule has 0 spiro atoms. The molecule has 0 amide bonds. The van der Waals surface area contributed by atoms with Crippen LogP contribution in [0.25, 0.3) is 0 Å². The van der Waals surface area contributed by atoms with E-state index in [0.29, 0.717) is 18.7 Å². The Morgan fingerprint density at radius 2 is 2.15 bits per heavy atom. The van der Waals surface area contributed by atoms with Crippen molar-refractivity contribution >= 4 is 11.7 Å². The smallest absolute Gasteiger partial charge is 0.303 e. The number of hydrogen-bond acceptors (Lipinski definition) is 3. The first-order chi connectivity index (χ1) is 9.34. The summed E-state index contributed by atoms with van der Waals surface area (Å²) in [5.74, 6) is -1.25. The Morgan fingerprint density at radius 1 is 1.45 bits per heavy atom. The van der Waals surface area contributed by atoms with E-state index >= 15 is 0 Å². The van der Waals surface area contributed by atoms with Gasteiger partial charge >= 0.3 is 5.97 Å². The lowest BCUT2D eigenvalue weighted by atomic mass is 9.84. The van der Waals surface area contributed by atoms with Gasteiger partial charge in [0, 0.05) is 13.0 Å². The van der Waals surface area contributed by atoms with Gasteiger partial charge in [-0.1, -0.05) is 13.8 Å². The minimum absolute atomic E-state index is 0.117. The topological polar surface area (TPSA) is 73.1 Å². The highest BCUT2D eigenvalue weighted by Gasteiger charge is 2.18. The van der Waals surface area contributed by atoms with E-state index < -0.39 is 11.8 Å². The lowest BCUT2D eigenvalue weighted by Crippen LogP contribution is -2.18. The van der Waals surface area contributed by atoms with Crippen LogP contribution in [0.5, 0.6) is 0 Å². The maximum Gasteiger partial charge on any atom is 0.303 e. The second-order valence-corrected chi connectivity index (χ2v) is 5.54. The minimum Gasteiger partial charge on any atom is -0.481 e. The van der Waals surface area contributed by atoms with E-state index in [9.17, 15) is 9.18 Å². The van der Waals surface area contributed by atoms with E-state index in [1.54, 1.807) is 6.07 Å². The van der Waals surface area contributed by atoms with Gasteiger partial charge in [-0.2, -0.15) is 5.26 Å². The summed E-state index contributed by atoms with van der Waals surface area (Å²) in [6.45, 7) is 4.54. The molecule has 0 saturated carbocycles. The van der Waals surface area contributed by atoms with Gasteiger partial charge in [0.2, 0.25) is 0 Å². The number of carbonyl (C=O) groups is 1. The summed E-state index contributed by atoms with van der Waals surface area (Å²) in [6, 6.07) is 6.17. The average Bonchev–Trinajstić information content (AvgIpc) is 2.38. The highest BCUT2D eigenvalue weighted by atomic mass is 19.1. The lowest BCUT2D eigenvalue weighted by molar-refractivity contribution is -0.137. The van der Waals surface area contributed by atoms with E-state index in [2.05, 4.69) is 5.32 Å². The number of anilines is 1. The molecular formula is C15H19FN2O2. The van der Waals surface area contributed by atoms with Crippen LogP contribution in [0, 0.1) is 22.6 Å². The number of carboxylic acid groups (broad SMARTS) is 1. The van der Waals surface area contributed by atoms with Crippen LogP contribution in [0.3, 0.4) is 0 Å². The second-order valence-electron chi connectivity index (χ2n) is 5.54. The Hall–Kier alpha value is -2.09. The van der Waals surface area contributed by atoms with Crippen LogP contribution in [0.1, 0.15) is 38.7 Å². The standard InChI is InChI=1S/C15H19FN2O2/c1-15(2,6-5-14(19)20)7-8-18-13-4-3-11(10-17)9-12(13)16/h3-4,9,18H,5-8H2,1-2H3,(H,19,20). The fourth-order valence-electron chi connectivity index (χ4n) is 1.83. The van der Waals surface area contributed by atoms with Crippen molar-refractivity contribution in [2.45, 2.75) is 33.1 Å². The number of benzene rings is 1. The maximum atomic E-state index is 13.6. The van der Waals surface area contributed by atoms with E-state index in [-0.39, 0.29) is 17.4 Å². The van der Waals surface area contributed by atoms with E-state index in [1.165, 1.54) is 12.1 Å². The number of nitriles is 1. The van der Waals surface area contributed by atoms with Crippen molar-refractivity contribution < 1.29 is 14.3 Å². The zero-order chi connectivity index (χ0) is 15.2. The van der Waals surface area contributed by atoms with Crippen LogP contribution in [0.2, 0.25) is 0 Å². The van der Waals surface area contributed by atoms with Gasteiger partial charge in [0.1, 0.15) is 5.82 Å². The van der Waals surface area contributed by atoms with Crippen molar-refractivity contribution in [3.8, 4) is 6.07 Å². The second kappa shape index (κ2) is 6.90. The van der Waals surface area contributed by atoms with Gasteiger partial charge in [-0.05, 0) is 36.5 Å². The van der Waals surface area contributed by atoms with E-state index in [1.807, 2.05) is 19.9 Å². The molecule has 0 saturated heterocycles. The monoisotopic (exact) mass is 278 g/mol. The molecule has 0 aromatic heterocycles. The molecule has 4 nitrogen and oxygen atoms in total. The number of halogens is 1. The molecule has 0 aliphatic rings. The molecule has 0 aliphatic heterocycles. The summed E-state index contributed by atoms with van der Waals surface area (Å²) in [5.41, 5.74) is 0.530. The predicted molar refractivity (Wildman–Crippen MR) is 74.9 cm³/mol. The van der Waals surface area contributed by atoms with Crippen molar-refractivity contribution in [1.29, 1.82) is 5.26 Å². The highest BCUT2D eigenvalue weighted by molar-refractivity contribution is 5.66. The zero-order valence-electron chi connectivity index (χ0n) is 11.7. The molecular weight excluding hydrogens is 259 g/mol. The third-order valence-electron chi connectivity index (χ3n) is 3.23. The van der Waals surface area contributed by atoms with Crippen LogP contribution in [0.4, 0.5) is 10.1 Å². The molecule has 0 heterocycles. The fraction of sp³-hybridized carbons (Fsp3) is 0.467. The maximum absolute atomic E-state index is 13.6. The van der Waals surface area contributed by atoms with Crippen molar-refractivity contribution in [1.82, 2.24) is 0 Å². The van der Waals surface area contributed by atoms with Crippen LogP contribution >= 0.6 is 0 Å². The Morgan fingerprint density at radius 3 is 2.70 bits per heavy atom. The summed E-state index contributed by atoms with van der Waals surface area (Å²) >= 11 is 0. The fourth-order valence-corrected chi connectivity index (χ4v) is 1.83. The van der Waals surface area contributed by atoms with Crippen LogP contribution in [0.15, 0.2) is 18.2 Å². The molecule has 5 heteroatoms. The number of carboxylic acids is 1. The molecule has 0 aliphatic carbocycles. The van der Waals surface area contributed by atoms with Gasteiger partial charge in [-0.25, -0.2) is 4.39 Å². The third kappa shape index (κ3) is 5.27. The Balaban J connectivity index is 2.48. The van der Waals surface area contributed by atoms with Gasteiger partial charge in [-0.15, -0.1) is 0 Å². The summed E-state index contributed by atoms with van der Waals surface area (Å²) in [7, 11) is 0. The molecule has 0 unspecified atom stereocenters. The first-order valence-electron chi connectivity index (χ1n) is 6.49. The van der Waals surface area contributed by atoms with Crippen molar-refractivity contribution in [3.63, 3.8) is 0 Å². The van der Waals surface area contributed by atoms with Gasteiger partial charge in [0.25, 0.3) is 0 Å². The third-order valence-corrected chi connectivity index (χ3v) is 3.23. The summed E-state index contributed by atoms with van der Waals surface area (Å²) in [6.07, 6.45) is 1.46. The van der Waals surface area contributed by atoms with E-state index in [4.69, 9.17) is 10.4 Å². The van der Waals surface area contributed by atoms with Crippen molar-refractivity contribution in [2.24, 2.45) is 5.41 Å². The molecule has 0 fully saturated rings. The molecule has 0 radical (unpaired) electrons. The van der Waals surface area contributed by atoms with Gasteiger partial charge in [-0.3, -0.25) is 4.79 Å². The van der Waals surface area contributed by atoms with E-state index in [0.717, 1.165) is 6.42 Å². The number of hydrogen-bond donors (Lipinski definition) is 2. The average molecular weight is 278 g/mol. The van der Waals surface area contributed by atoms with Gasteiger partial charge in [0.15, 0.2) is 0 Å². The molecule has 2 N–H and O–H groups in total. The molecule has 108 valence electrons. The van der Waals surface area contributed by atoms with Crippen molar-refractivity contribution in [2.75, 3.05) is 11.9 Å². The normalized spacial score (nSPS) is 10.9. The number of rotatable bonds is 7. The number of nitrogens with zero attached hydrogens (tertiary/aromatic N) is 1. The zero-order valence-corrected chi connectivity index (χ0v) is 11.7. The first kappa shape index (κ1) is 16.0. The molecule has 1 aromatic carbocycles. The van der Waals surface area contributed by atoms with Gasteiger partial charge in [0.05, 0.1) is 17.3 Å². The summed E-state index contributed by atoms with van der Waals surface area (Å²) < 4.78 is 13.6. The SMILES string of the molecule is CC(C)(CCNc1ccc(C#N)cc1F)CCC(=O)O. The highest BCUT2D eigenvalue weighted by Crippen LogP contribution is 2.27. The summed E-state index contributed by atoms with van der Waals surface area (Å²) in [4.78, 5) is 10.6. The molecule has 1 rings (SSSR count). The Labute approximate surface area is 118 Å². The Kier molecular flexibility index (Phi) is 5.51. The van der Waals surface area contributed by atoms with Crippen LogP contribution in [-0.2, 0) is 4.79 Å². The molecule has 0 atom stereocenters. The van der Waals surface area contributed by atoms with Gasteiger partial charge < -0.3 is 10.4 Å². The largest absolute Gasteiger partial charge is 0.481 e. The van der Waals surface area contributed by atoms with Crippen LogP contribution in [-0.4, -0.2) is 17.6 Å². The molecule has 0 bridgehead atoms. The first-order valence-corrected chi connectivity index (χ1v) is 6.49. The van der Waals surface area contributed by atoms with Crippen LogP contribution < -0.4 is 5.32 Å². The Bertz CT molecular complexity index is 521. The summed E-state index contributed by atoms with van der Waals surface area (Å²) in [5, 5.41) is 20.3. The number of nitrogens with one attached hydrogen (secondary N) is 1. The predicted octanol–water partition coefficient (Wildman–Crippen LogP) is 3.39.